The molecule has 5 heteroatoms. The summed E-state index contributed by atoms with van der Waals surface area (Å²) in [6.45, 7) is 5.90. The number of hydrogen-bond acceptors (Lipinski definition) is 4. The lowest BCUT2D eigenvalue weighted by molar-refractivity contribution is -0.124. The van der Waals surface area contributed by atoms with Crippen molar-refractivity contribution >= 4 is 17.2 Å². The zero-order valence-electron chi connectivity index (χ0n) is 9.62. The number of aromatic nitrogens is 1. The van der Waals surface area contributed by atoms with E-state index < -0.39 is 0 Å². The van der Waals surface area contributed by atoms with Crippen molar-refractivity contribution in [1.82, 2.24) is 15.6 Å². The van der Waals surface area contributed by atoms with Crippen molar-refractivity contribution in [2.75, 3.05) is 13.1 Å². The number of carbonyl (C=O) groups excluding carboxylic acids is 1. The first kappa shape index (κ1) is 11.5. The van der Waals surface area contributed by atoms with E-state index in [-0.39, 0.29) is 11.4 Å². The van der Waals surface area contributed by atoms with E-state index in [1.165, 1.54) is 0 Å². The highest BCUT2D eigenvalue weighted by molar-refractivity contribution is 7.09. The lowest BCUT2D eigenvalue weighted by atomic mass is 9.98. The minimum absolute atomic E-state index is 0.117. The average Bonchev–Trinajstić information content (AvgIpc) is 2.63. The first-order valence-electron chi connectivity index (χ1n) is 5.49. The number of thiazole rings is 1. The molecule has 16 heavy (non-hydrogen) atoms. The van der Waals surface area contributed by atoms with Crippen molar-refractivity contribution in [3.63, 3.8) is 0 Å². The Morgan fingerprint density at radius 2 is 2.44 bits per heavy atom. The van der Waals surface area contributed by atoms with Crippen LogP contribution in [0.5, 0.6) is 0 Å². The molecule has 0 aliphatic carbocycles. The second kappa shape index (κ2) is 4.51. The number of hydrogen-bond donors (Lipinski definition) is 2. The maximum absolute atomic E-state index is 11.8. The van der Waals surface area contributed by atoms with Gasteiger partial charge in [0.05, 0.1) is 5.54 Å². The Balaban J connectivity index is 1.89. The van der Waals surface area contributed by atoms with Gasteiger partial charge >= 0.3 is 0 Å². The molecule has 0 aromatic carbocycles. The van der Waals surface area contributed by atoms with Gasteiger partial charge in [-0.1, -0.05) is 0 Å². The highest BCUT2D eigenvalue weighted by Crippen LogP contribution is 2.22. The van der Waals surface area contributed by atoms with Crippen LogP contribution in [0.4, 0.5) is 0 Å². The van der Waals surface area contributed by atoms with E-state index in [2.05, 4.69) is 15.6 Å². The maximum atomic E-state index is 11.8. The van der Waals surface area contributed by atoms with Gasteiger partial charge in [0.2, 0.25) is 5.91 Å². The molecule has 1 fully saturated rings. The van der Waals surface area contributed by atoms with Gasteiger partial charge in [-0.2, -0.15) is 0 Å². The highest BCUT2D eigenvalue weighted by Gasteiger charge is 2.27. The Kier molecular flexibility index (Phi) is 3.25. The van der Waals surface area contributed by atoms with Crippen LogP contribution in [-0.4, -0.2) is 24.0 Å². The molecule has 1 aromatic rings. The zero-order chi connectivity index (χ0) is 11.6. The van der Waals surface area contributed by atoms with E-state index in [1.54, 1.807) is 17.5 Å². The molecule has 1 aromatic heterocycles. The third-order valence-electron chi connectivity index (χ3n) is 2.76. The summed E-state index contributed by atoms with van der Waals surface area (Å²) in [4.78, 5) is 16.0. The molecule has 0 atom stereocenters. The topological polar surface area (TPSA) is 54.0 Å². The first-order chi connectivity index (χ1) is 7.58. The summed E-state index contributed by atoms with van der Waals surface area (Å²) in [6.07, 6.45) is 2.38. The summed E-state index contributed by atoms with van der Waals surface area (Å²) >= 11 is 1.57. The van der Waals surface area contributed by atoms with Crippen molar-refractivity contribution < 1.29 is 4.79 Å². The first-order valence-corrected chi connectivity index (χ1v) is 6.37. The summed E-state index contributed by atoms with van der Waals surface area (Å²) in [5, 5.41) is 9.09. The fraction of sp³-hybridized carbons (Fsp3) is 0.636. The molecule has 2 N–H and O–H groups in total. The van der Waals surface area contributed by atoms with Gasteiger partial charge in [0.15, 0.2) is 0 Å². The van der Waals surface area contributed by atoms with Gasteiger partial charge in [-0.05, 0) is 32.9 Å². The van der Waals surface area contributed by atoms with E-state index in [9.17, 15) is 4.79 Å². The van der Waals surface area contributed by atoms with Gasteiger partial charge in [0, 0.05) is 18.0 Å². The predicted molar refractivity (Wildman–Crippen MR) is 64.3 cm³/mol. The van der Waals surface area contributed by atoms with Gasteiger partial charge in [-0.3, -0.25) is 4.79 Å². The summed E-state index contributed by atoms with van der Waals surface area (Å²) in [7, 11) is 0. The Hall–Kier alpha value is -0.940. The molecule has 0 saturated carbocycles. The molecule has 1 saturated heterocycles. The molecule has 2 rings (SSSR count). The van der Waals surface area contributed by atoms with Crippen LogP contribution in [0.1, 0.15) is 25.3 Å². The van der Waals surface area contributed by atoms with E-state index in [0.29, 0.717) is 12.3 Å². The van der Waals surface area contributed by atoms with Crippen molar-refractivity contribution in [2.24, 2.45) is 5.92 Å². The molecule has 1 aliphatic heterocycles. The van der Waals surface area contributed by atoms with Gasteiger partial charge in [0.1, 0.15) is 5.01 Å². The van der Waals surface area contributed by atoms with Crippen molar-refractivity contribution in [3.8, 4) is 0 Å². The second-order valence-corrected chi connectivity index (χ2v) is 5.63. The lowest BCUT2D eigenvalue weighted by Crippen LogP contribution is -2.47. The van der Waals surface area contributed by atoms with E-state index in [1.807, 2.05) is 19.2 Å². The molecular weight excluding hydrogens is 222 g/mol. The van der Waals surface area contributed by atoms with Crippen molar-refractivity contribution in [1.29, 1.82) is 0 Å². The fourth-order valence-corrected chi connectivity index (χ4v) is 2.46. The molecule has 0 bridgehead atoms. The van der Waals surface area contributed by atoms with Crippen LogP contribution in [0.25, 0.3) is 0 Å². The zero-order valence-corrected chi connectivity index (χ0v) is 10.4. The van der Waals surface area contributed by atoms with Gasteiger partial charge in [0.25, 0.3) is 0 Å². The Morgan fingerprint density at radius 3 is 2.94 bits per heavy atom. The maximum Gasteiger partial charge on any atom is 0.221 e. The smallest absolute Gasteiger partial charge is 0.221 e. The van der Waals surface area contributed by atoms with Gasteiger partial charge in [-0.25, -0.2) is 4.98 Å². The Labute approximate surface area is 99.5 Å². The molecule has 1 amide bonds. The summed E-state index contributed by atoms with van der Waals surface area (Å²) in [5.74, 6) is 0.624. The van der Waals surface area contributed by atoms with E-state index in [4.69, 9.17) is 0 Å². The number of carbonyl (C=O) groups is 1. The number of nitrogens with one attached hydrogen (secondary N) is 2. The number of amides is 1. The normalized spacial score (nSPS) is 16.9. The van der Waals surface area contributed by atoms with Crippen LogP contribution in [-0.2, 0) is 10.3 Å². The third kappa shape index (κ3) is 2.59. The van der Waals surface area contributed by atoms with Gasteiger partial charge in [-0.15, -0.1) is 11.3 Å². The number of rotatable bonds is 4. The average molecular weight is 239 g/mol. The largest absolute Gasteiger partial charge is 0.345 e. The SMILES string of the molecule is CC(C)(NC(=O)CC1CNC1)c1nccs1. The highest BCUT2D eigenvalue weighted by atomic mass is 32.1. The minimum Gasteiger partial charge on any atom is -0.345 e. The Bertz CT molecular complexity index is 357. The summed E-state index contributed by atoms with van der Waals surface area (Å²) in [5.41, 5.74) is -0.359. The van der Waals surface area contributed by atoms with Crippen molar-refractivity contribution in [3.05, 3.63) is 16.6 Å². The van der Waals surface area contributed by atoms with E-state index >= 15 is 0 Å². The van der Waals surface area contributed by atoms with Crippen LogP contribution in [0.15, 0.2) is 11.6 Å². The minimum atomic E-state index is -0.359. The molecular formula is C11H17N3OS. The van der Waals surface area contributed by atoms with Gasteiger partial charge < -0.3 is 10.6 Å². The summed E-state index contributed by atoms with van der Waals surface area (Å²) < 4.78 is 0. The second-order valence-electron chi connectivity index (χ2n) is 4.74. The van der Waals surface area contributed by atoms with Crippen molar-refractivity contribution in [2.45, 2.75) is 25.8 Å². The number of nitrogens with zero attached hydrogens (tertiary/aromatic N) is 1. The molecule has 4 nitrogen and oxygen atoms in total. The summed E-state index contributed by atoms with van der Waals surface area (Å²) in [6, 6.07) is 0. The fourth-order valence-electron chi connectivity index (χ4n) is 1.74. The van der Waals surface area contributed by atoms with Crippen LogP contribution >= 0.6 is 11.3 Å². The quantitative estimate of drug-likeness (QED) is 0.827. The Morgan fingerprint density at radius 1 is 1.69 bits per heavy atom. The molecule has 1 aliphatic rings. The third-order valence-corrected chi connectivity index (χ3v) is 3.86. The monoisotopic (exact) mass is 239 g/mol. The van der Waals surface area contributed by atoms with Crippen LogP contribution in [0.3, 0.4) is 0 Å². The van der Waals surface area contributed by atoms with Crippen LogP contribution in [0, 0.1) is 5.92 Å². The standard InChI is InChI=1S/C11H17N3OS/c1-11(2,10-13-3-4-16-10)14-9(15)5-8-6-12-7-8/h3-4,8,12H,5-7H2,1-2H3,(H,14,15). The molecule has 88 valence electrons. The predicted octanol–water partition coefficient (Wildman–Crippen LogP) is 1.10. The molecule has 0 radical (unpaired) electrons. The van der Waals surface area contributed by atoms with Crippen LogP contribution < -0.4 is 10.6 Å². The molecule has 0 unspecified atom stereocenters. The molecule has 2 heterocycles. The lowest BCUT2D eigenvalue weighted by Gasteiger charge is -2.29. The van der Waals surface area contributed by atoms with Crippen LogP contribution in [0.2, 0.25) is 0 Å². The van der Waals surface area contributed by atoms with E-state index in [0.717, 1.165) is 18.1 Å². The molecule has 0 spiro atoms.